The molecule has 7 nitrogen and oxygen atoms in total. The molecule has 0 heterocycles. The molecule has 3 amide bonds. The Morgan fingerprint density at radius 3 is 2.07 bits per heavy atom. The number of aryl methyl sites for hydroxylation is 1. The van der Waals surface area contributed by atoms with Crippen molar-refractivity contribution in [2.75, 3.05) is 16.0 Å². The number of rotatable bonds is 6. The van der Waals surface area contributed by atoms with E-state index in [9.17, 15) is 27.6 Å². The van der Waals surface area contributed by atoms with Gasteiger partial charge in [0.25, 0.3) is 5.91 Å². The first-order chi connectivity index (χ1) is 19.5. The van der Waals surface area contributed by atoms with Crippen LogP contribution in [0.2, 0.25) is 5.02 Å². The van der Waals surface area contributed by atoms with Crippen LogP contribution in [0.5, 0.6) is 0 Å². The van der Waals surface area contributed by atoms with E-state index in [0.717, 1.165) is 12.1 Å². The van der Waals surface area contributed by atoms with Gasteiger partial charge < -0.3 is 15.4 Å². The lowest BCUT2D eigenvalue weighted by Gasteiger charge is -2.20. The van der Waals surface area contributed by atoms with E-state index in [0.29, 0.717) is 16.9 Å². The molecule has 1 aliphatic carbocycles. The number of hydrogen-bond acceptors (Lipinski definition) is 4. The van der Waals surface area contributed by atoms with Crippen LogP contribution in [0.25, 0.3) is 0 Å². The number of alkyl halides is 2. The van der Waals surface area contributed by atoms with Gasteiger partial charge in [-0.05, 0) is 87.4 Å². The summed E-state index contributed by atoms with van der Waals surface area (Å²) in [4.78, 5) is 38.1. The third kappa shape index (κ3) is 6.94. The van der Waals surface area contributed by atoms with Crippen LogP contribution in [-0.2, 0) is 9.53 Å². The molecule has 4 rings (SSSR count). The summed E-state index contributed by atoms with van der Waals surface area (Å²) < 4.78 is 44.4. The van der Waals surface area contributed by atoms with Gasteiger partial charge in [0.1, 0.15) is 9.93 Å². The van der Waals surface area contributed by atoms with Crippen molar-refractivity contribution >= 4 is 69.8 Å². The van der Waals surface area contributed by atoms with Crippen molar-refractivity contribution in [2.45, 2.75) is 43.5 Å². The predicted octanol–water partition coefficient (Wildman–Crippen LogP) is 8.19. The number of ether oxygens (including phenoxy) is 1. The average Bonchev–Trinajstić information content (AvgIpc) is 3.45. The van der Waals surface area contributed by atoms with Gasteiger partial charge >= 0.3 is 6.09 Å². The summed E-state index contributed by atoms with van der Waals surface area (Å²) in [5.74, 6) is -7.91. The largest absolute Gasteiger partial charge is 0.444 e. The third-order valence-electron chi connectivity index (χ3n) is 6.30. The Balaban J connectivity index is 1.45. The number of carbonyl (C=O) groups is 3. The summed E-state index contributed by atoms with van der Waals surface area (Å²) >= 11 is 18.7. The zero-order valence-corrected chi connectivity index (χ0v) is 24.9. The summed E-state index contributed by atoms with van der Waals surface area (Å²) in [7, 11) is 0. The standard InChI is InChI=1S/C29H25Cl3F3N3O4/c1-13-9-15(37-27(41)42-28(2,3)4)6-8-21(13)38-25(39)17-12-16(5-7-18(17)30)36-26(40)23-22(29(23,31)32)14-10-19(33)24(35)20(34)11-14/h5-12,22-23H,1-4H3,(H,36,40)(H,37,41)(H,38,39)/t22-,23+/m0/s1. The fourth-order valence-corrected chi connectivity index (χ4v) is 5.34. The molecule has 0 saturated heterocycles. The van der Waals surface area contributed by atoms with Crippen LogP contribution in [-0.4, -0.2) is 27.8 Å². The molecule has 3 N–H and O–H groups in total. The maximum Gasteiger partial charge on any atom is 0.412 e. The highest BCUT2D eigenvalue weighted by atomic mass is 35.5. The summed E-state index contributed by atoms with van der Waals surface area (Å²) in [6, 6.07) is 10.5. The van der Waals surface area contributed by atoms with E-state index in [4.69, 9.17) is 39.5 Å². The lowest BCUT2D eigenvalue weighted by molar-refractivity contribution is -0.117. The van der Waals surface area contributed by atoms with Gasteiger partial charge in [-0.15, -0.1) is 23.2 Å². The zero-order valence-electron chi connectivity index (χ0n) is 22.7. The molecule has 3 aromatic carbocycles. The zero-order chi connectivity index (χ0) is 31.1. The quantitative estimate of drug-likeness (QED) is 0.187. The number of amides is 3. The van der Waals surface area contributed by atoms with E-state index in [1.165, 1.54) is 18.2 Å². The summed E-state index contributed by atoms with van der Waals surface area (Å²) in [6.45, 7) is 6.95. The van der Waals surface area contributed by atoms with E-state index in [-0.39, 0.29) is 21.8 Å². The maximum atomic E-state index is 13.7. The van der Waals surface area contributed by atoms with E-state index in [1.54, 1.807) is 45.9 Å². The second kappa shape index (κ2) is 11.7. The van der Waals surface area contributed by atoms with Crippen molar-refractivity contribution in [3.05, 3.63) is 87.7 Å². The molecule has 42 heavy (non-hydrogen) atoms. The van der Waals surface area contributed by atoms with Crippen LogP contribution in [0.15, 0.2) is 48.5 Å². The molecule has 0 bridgehead atoms. The van der Waals surface area contributed by atoms with Crippen LogP contribution >= 0.6 is 34.8 Å². The first kappa shape index (κ1) is 31.5. The van der Waals surface area contributed by atoms with Crippen LogP contribution < -0.4 is 16.0 Å². The molecule has 13 heteroatoms. The van der Waals surface area contributed by atoms with E-state index in [1.807, 2.05) is 0 Å². The second-order valence-electron chi connectivity index (χ2n) is 10.7. The fraction of sp³-hybridized carbons (Fsp3) is 0.276. The SMILES string of the molecule is Cc1cc(NC(=O)OC(C)(C)C)ccc1NC(=O)c1cc(NC(=O)[C@H]2[C@H](c3cc(F)c(F)c(F)c3)C2(Cl)Cl)ccc1Cl. The van der Waals surface area contributed by atoms with Crippen molar-refractivity contribution < 1.29 is 32.3 Å². The summed E-state index contributed by atoms with van der Waals surface area (Å²) in [5.41, 5.74) is 0.994. The van der Waals surface area contributed by atoms with Crippen molar-refractivity contribution in [3.8, 4) is 0 Å². The Labute approximate surface area is 254 Å². The first-order valence-corrected chi connectivity index (χ1v) is 13.7. The number of halogens is 6. The summed E-state index contributed by atoms with van der Waals surface area (Å²) in [5, 5.41) is 8.03. The van der Waals surface area contributed by atoms with Gasteiger partial charge in [-0.2, -0.15) is 0 Å². The van der Waals surface area contributed by atoms with Crippen molar-refractivity contribution in [1.29, 1.82) is 0 Å². The van der Waals surface area contributed by atoms with Gasteiger partial charge in [0.2, 0.25) is 5.91 Å². The summed E-state index contributed by atoms with van der Waals surface area (Å²) in [6.07, 6.45) is -0.626. The average molecular weight is 643 g/mol. The molecule has 0 spiro atoms. The Hall–Kier alpha value is -3.47. The highest BCUT2D eigenvalue weighted by molar-refractivity contribution is 6.53. The van der Waals surface area contributed by atoms with Crippen molar-refractivity contribution in [3.63, 3.8) is 0 Å². The Bertz CT molecular complexity index is 1570. The lowest BCUT2D eigenvalue weighted by atomic mass is 10.1. The van der Waals surface area contributed by atoms with Gasteiger partial charge in [0.15, 0.2) is 17.5 Å². The fourth-order valence-electron chi connectivity index (χ4n) is 4.31. The van der Waals surface area contributed by atoms with Crippen molar-refractivity contribution in [1.82, 2.24) is 0 Å². The van der Waals surface area contributed by atoms with Gasteiger partial charge in [-0.1, -0.05) is 11.6 Å². The van der Waals surface area contributed by atoms with Gasteiger partial charge in [-0.25, -0.2) is 18.0 Å². The molecule has 0 aromatic heterocycles. The number of carbonyl (C=O) groups excluding carboxylic acids is 3. The van der Waals surface area contributed by atoms with E-state index < -0.39 is 57.1 Å². The Morgan fingerprint density at radius 1 is 0.881 bits per heavy atom. The van der Waals surface area contributed by atoms with E-state index >= 15 is 0 Å². The number of anilines is 3. The Kier molecular flexibility index (Phi) is 8.74. The molecule has 1 fully saturated rings. The second-order valence-corrected chi connectivity index (χ2v) is 12.6. The highest BCUT2D eigenvalue weighted by Crippen LogP contribution is 2.65. The van der Waals surface area contributed by atoms with Crippen LogP contribution in [0, 0.1) is 30.3 Å². The normalized spacial score (nSPS) is 17.3. The number of hydrogen-bond donors (Lipinski definition) is 3. The van der Waals surface area contributed by atoms with Gasteiger partial charge in [0, 0.05) is 23.0 Å². The molecular weight excluding hydrogens is 618 g/mol. The number of nitrogens with one attached hydrogen (secondary N) is 3. The molecule has 2 atom stereocenters. The van der Waals surface area contributed by atoms with Crippen LogP contribution in [0.1, 0.15) is 48.2 Å². The minimum Gasteiger partial charge on any atom is -0.444 e. The minimum atomic E-state index is -1.70. The van der Waals surface area contributed by atoms with Crippen LogP contribution in [0.3, 0.4) is 0 Å². The van der Waals surface area contributed by atoms with Gasteiger partial charge in [-0.3, -0.25) is 14.9 Å². The monoisotopic (exact) mass is 641 g/mol. The third-order valence-corrected chi connectivity index (χ3v) is 7.57. The highest BCUT2D eigenvalue weighted by Gasteiger charge is 2.67. The lowest BCUT2D eigenvalue weighted by Crippen LogP contribution is -2.27. The minimum absolute atomic E-state index is 0.0304. The molecule has 0 unspecified atom stereocenters. The smallest absolute Gasteiger partial charge is 0.412 e. The van der Waals surface area contributed by atoms with E-state index in [2.05, 4.69) is 16.0 Å². The molecular formula is C29H25Cl3F3N3O4. The maximum absolute atomic E-state index is 13.7. The molecule has 0 aliphatic heterocycles. The molecule has 0 radical (unpaired) electrons. The number of benzene rings is 3. The first-order valence-electron chi connectivity index (χ1n) is 12.5. The topological polar surface area (TPSA) is 96.5 Å². The molecule has 1 aliphatic rings. The predicted molar refractivity (Wildman–Crippen MR) is 156 cm³/mol. The Morgan fingerprint density at radius 2 is 1.48 bits per heavy atom. The van der Waals surface area contributed by atoms with Crippen LogP contribution in [0.4, 0.5) is 35.0 Å². The van der Waals surface area contributed by atoms with Crippen molar-refractivity contribution in [2.24, 2.45) is 5.92 Å². The molecule has 222 valence electrons. The van der Waals surface area contributed by atoms with Gasteiger partial charge in [0.05, 0.1) is 16.5 Å². The molecule has 3 aromatic rings. The molecule has 1 saturated carbocycles.